The second-order valence-electron chi connectivity index (χ2n) is 5.16. The minimum absolute atomic E-state index is 0.185. The number of aliphatic hydroxyl groups is 1. The molecule has 1 heterocycles. The van der Waals surface area contributed by atoms with Gasteiger partial charge >= 0.3 is 5.97 Å². The number of piperidine rings is 1. The number of aryl methyl sites for hydroxylation is 1. The number of hydrogen-bond donors (Lipinski definition) is 2. The van der Waals surface area contributed by atoms with Gasteiger partial charge < -0.3 is 15.1 Å². The van der Waals surface area contributed by atoms with Gasteiger partial charge in [0.25, 0.3) is 0 Å². The first-order valence-corrected chi connectivity index (χ1v) is 6.24. The summed E-state index contributed by atoms with van der Waals surface area (Å²) >= 11 is 0. The first-order chi connectivity index (χ1) is 8.48. The average Bonchev–Trinajstić information content (AvgIpc) is 2.27. The molecule has 1 aliphatic rings. The van der Waals surface area contributed by atoms with Crippen molar-refractivity contribution in [1.29, 1.82) is 0 Å². The van der Waals surface area contributed by atoms with E-state index in [0.29, 0.717) is 13.0 Å². The lowest BCUT2D eigenvalue weighted by Crippen LogP contribution is -2.49. The molecular weight excluding hydrogens is 230 g/mol. The molecule has 2 N–H and O–H groups in total. The monoisotopic (exact) mass is 249 g/mol. The second kappa shape index (κ2) is 4.98. The van der Waals surface area contributed by atoms with Crippen LogP contribution in [0.15, 0.2) is 24.3 Å². The predicted molar refractivity (Wildman–Crippen MR) is 69.8 cm³/mol. The minimum atomic E-state index is -1.10. The molecule has 1 aromatic carbocycles. The molecule has 0 spiro atoms. The fraction of sp³-hybridized carbons (Fsp3) is 0.500. The van der Waals surface area contributed by atoms with E-state index in [0.717, 1.165) is 18.7 Å². The summed E-state index contributed by atoms with van der Waals surface area (Å²) in [5, 5.41) is 19.2. The highest BCUT2D eigenvalue weighted by molar-refractivity contribution is 5.68. The fourth-order valence-corrected chi connectivity index (χ4v) is 2.58. The van der Waals surface area contributed by atoms with Crippen LogP contribution in [-0.2, 0) is 4.79 Å². The zero-order valence-corrected chi connectivity index (χ0v) is 10.6. The van der Waals surface area contributed by atoms with E-state index in [4.69, 9.17) is 5.11 Å². The molecule has 0 aliphatic carbocycles. The lowest BCUT2D eigenvalue weighted by atomic mass is 9.89. The van der Waals surface area contributed by atoms with Crippen LogP contribution in [0.3, 0.4) is 0 Å². The molecule has 98 valence electrons. The van der Waals surface area contributed by atoms with Gasteiger partial charge in [-0.1, -0.05) is 12.1 Å². The Morgan fingerprint density at radius 2 is 2.28 bits per heavy atom. The summed E-state index contributed by atoms with van der Waals surface area (Å²) in [4.78, 5) is 12.9. The topological polar surface area (TPSA) is 60.8 Å². The van der Waals surface area contributed by atoms with E-state index in [2.05, 4.69) is 11.0 Å². The Kier molecular flexibility index (Phi) is 3.57. The molecule has 1 aliphatic heterocycles. The van der Waals surface area contributed by atoms with Crippen molar-refractivity contribution in [3.05, 3.63) is 29.8 Å². The van der Waals surface area contributed by atoms with Gasteiger partial charge in [-0.15, -0.1) is 0 Å². The van der Waals surface area contributed by atoms with Crippen LogP contribution in [0, 0.1) is 6.92 Å². The number of β-amino-alcohol motifs (C(OH)–C–C–N with tert-alkyl or cyclic N) is 1. The third-order valence-electron chi connectivity index (χ3n) is 3.40. The molecule has 18 heavy (non-hydrogen) atoms. The minimum Gasteiger partial charge on any atom is -0.481 e. The third kappa shape index (κ3) is 3.01. The van der Waals surface area contributed by atoms with Crippen molar-refractivity contribution in [3.8, 4) is 0 Å². The van der Waals surface area contributed by atoms with Gasteiger partial charge in [-0.05, 0) is 37.5 Å². The average molecular weight is 249 g/mol. The number of rotatable bonds is 3. The predicted octanol–water partition coefficient (Wildman–Crippen LogP) is 1.80. The van der Waals surface area contributed by atoms with Crippen molar-refractivity contribution >= 4 is 11.7 Å². The number of carboxylic acids is 1. The van der Waals surface area contributed by atoms with Gasteiger partial charge in [0, 0.05) is 18.8 Å². The highest BCUT2D eigenvalue weighted by Crippen LogP contribution is 2.28. The Hall–Kier alpha value is -1.55. The standard InChI is InChI=1S/C14H19NO3/c1-11-4-2-5-12(8-11)15-7-3-6-14(18,10-15)9-13(16)17/h2,4-5,8,18H,3,6-7,9-10H2,1H3,(H,16,17). The van der Waals surface area contributed by atoms with Crippen LogP contribution >= 0.6 is 0 Å². The molecule has 1 aromatic rings. The quantitative estimate of drug-likeness (QED) is 0.857. The van der Waals surface area contributed by atoms with Crippen LogP contribution in [-0.4, -0.2) is 34.9 Å². The zero-order chi connectivity index (χ0) is 13.2. The number of aliphatic carboxylic acids is 1. The Morgan fingerprint density at radius 1 is 1.50 bits per heavy atom. The van der Waals surface area contributed by atoms with Crippen molar-refractivity contribution in [2.45, 2.75) is 31.8 Å². The van der Waals surface area contributed by atoms with Crippen LogP contribution in [0.4, 0.5) is 5.69 Å². The van der Waals surface area contributed by atoms with E-state index in [1.807, 2.05) is 25.1 Å². The molecule has 0 radical (unpaired) electrons. The van der Waals surface area contributed by atoms with Crippen LogP contribution in [0.5, 0.6) is 0 Å². The summed E-state index contributed by atoms with van der Waals surface area (Å²) in [6.45, 7) is 3.28. The molecule has 2 rings (SSSR count). The number of benzene rings is 1. The van der Waals surface area contributed by atoms with Crippen LogP contribution in [0.1, 0.15) is 24.8 Å². The lowest BCUT2D eigenvalue weighted by Gasteiger charge is -2.39. The molecule has 0 amide bonds. The van der Waals surface area contributed by atoms with Gasteiger partial charge in [0.1, 0.15) is 0 Å². The van der Waals surface area contributed by atoms with Gasteiger partial charge in [-0.2, -0.15) is 0 Å². The molecule has 4 nitrogen and oxygen atoms in total. The van der Waals surface area contributed by atoms with Crippen molar-refractivity contribution in [3.63, 3.8) is 0 Å². The Morgan fingerprint density at radius 3 is 2.94 bits per heavy atom. The number of hydrogen-bond acceptors (Lipinski definition) is 3. The highest BCUT2D eigenvalue weighted by atomic mass is 16.4. The summed E-state index contributed by atoms with van der Waals surface area (Å²) in [5.41, 5.74) is 1.12. The van der Waals surface area contributed by atoms with Crippen LogP contribution < -0.4 is 4.90 Å². The van der Waals surface area contributed by atoms with Gasteiger partial charge in [0.15, 0.2) is 0 Å². The smallest absolute Gasteiger partial charge is 0.306 e. The highest BCUT2D eigenvalue weighted by Gasteiger charge is 2.35. The fourth-order valence-electron chi connectivity index (χ4n) is 2.58. The van der Waals surface area contributed by atoms with Crippen LogP contribution in [0.25, 0.3) is 0 Å². The first-order valence-electron chi connectivity index (χ1n) is 6.24. The zero-order valence-electron chi connectivity index (χ0n) is 10.6. The van der Waals surface area contributed by atoms with E-state index < -0.39 is 11.6 Å². The summed E-state index contributed by atoms with van der Waals surface area (Å²) < 4.78 is 0. The molecule has 1 saturated heterocycles. The van der Waals surface area contributed by atoms with Gasteiger partial charge in [0.05, 0.1) is 12.0 Å². The lowest BCUT2D eigenvalue weighted by molar-refractivity contribution is -0.142. The molecule has 1 fully saturated rings. The largest absolute Gasteiger partial charge is 0.481 e. The molecule has 0 bridgehead atoms. The molecule has 1 unspecified atom stereocenters. The molecular formula is C14H19NO3. The molecule has 0 saturated carbocycles. The molecule has 0 aromatic heterocycles. The Labute approximate surface area is 107 Å². The van der Waals surface area contributed by atoms with Gasteiger partial charge in [-0.25, -0.2) is 0 Å². The van der Waals surface area contributed by atoms with Gasteiger partial charge in [0.2, 0.25) is 0 Å². The maximum absolute atomic E-state index is 10.8. The second-order valence-corrected chi connectivity index (χ2v) is 5.16. The summed E-state index contributed by atoms with van der Waals surface area (Å²) in [7, 11) is 0. The summed E-state index contributed by atoms with van der Waals surface area (Å²) in [6.07, 6.45) is 1.19. The number of carboxylic acid groups (broad SMARTS) is 1. The molecule has 1 atom stereocenters. The van der Waals surface area contributed by atoms with Crippen molar-refractivity contribution < 1.29 is 15.0 Å². The number of carbonyl (C=O) groups is 1. The van der Waals surface area contributed by atoms with Crippen molar-refractivity contribution in [1.82, 2.24) is 0 Å². The summed E-state index contributed by atoms with van der Waals surface area (Å²) in [6, 6.07) is 8.07. The Balaban J connectivity index is 2.13. The third-order valence-corrected chi connectivity index (χ3v) is 3.40. The van der Waals surface area contributed by atoms with E-state index in [1.54, 1.807) is 0 Å². The first kappa shape index (κ1) is 12.9. The Bertz CT molecular complexity index is 446. The van der Waals surface area contributed by atoms with E-state index in [-0.39, 0.29) is 6.42 Å². The number of nitrogens with zero attached hydrogens (tertiary/aromatic N) is 1. The van der Waals surface area contributed by atoms with Crippen LogP contribution in [0.2, 0.25) is 0 Å². The van der Waals surface area contributed by atoms with E-state index in [9.17, 15) is 9.90 Å². The van der Waals surface area contributed by atoms with E-state index in [1.165, 1.54) is 5.56 Å². The van der Waals surface area contributed by atoms with Gasteiger partial charge in [-0.3, -0.25) is 4.79 Å². The number of anilines is 1. The molecule has 4 heteroatoms. The van der Waals surface area contributed by atoms with E-state index >= 15 is 0 Å². The normalized spacial score (nSPS) is 24.0. The SMILES string of the molecule is Cc1cccc(N2CCCC(O)(CC(=O)O)C2)c1. The maximum Gasteiger partial charge on any atom is 0.306 e. The van der Waals surface area contributed by atoms with Crippen molar-refractivity contribution in [2.24, 2.45) is 0 Å². The summed E-state index contributed by atoms with van der Waals surface area (Å²) in [5.74, 6) is -0.941. The van der Waals surface area contributed by atoms with Crippen molar-refractivity contribution in [2.75, 3.05) is 18.0 Å². The maximum atomic E-state index is 10.8.